The van der Waals surface area contributed by atoms with Crippen LogP contribution in [0.3, 0.4) is 0 Å². The van der Waals surface area contributed by atoms with Crippen molar-refractivity contribution in [2.24, 2.45) is 0 Å². The van der Waals surface area contributed by atoms with Crippen molar-refractivity contribution in [2.45, 2.75) is 22.5 Å². The zero-order chi connectivity index (χ0) is 17.9. The predicted octanol–water partition coefficient (Wildman–Crippen LogP) is 7.18. The second-order valence-corrected chi connectivity index (χ2v) is 9.12. The van der Waals surface area contributed by atoms with Crippen LogP contribution in [0, 0.1) is 0 Å². The number of carbonyl (C=O) groups is 1. The maximum atomic E-state index is 12.6. The molecule has 0 fully saturated rings. The molecular formula is C17H12Br2Cl4O. The van der Waals surface area contributed by atoms with Gasteiger partial charge in [-0.3, -0.25) is 4.79 Å². The van der Waals surface area contributed by atoms with Gasteiger partial charge in [0.1, 0.15) is 0 Å². The van der Waals surface area contributed by atoms with Gasteiger partial charge in [0.05, 0.1) is 9.65 Å². The molecule has 2 atom stereocenters. The van der Waals surface area contributed by atoms with E-state index in [1.165, 1.54) is 0 Å². The molecule has 0 amide bonds. The van der Waals surface area contributed by atoms with Crippen LogP contribution in [0.15, 0.2) is 36.4 Å². The monoisotopic (exact) mass is 530 g/mol. The molecule has 0 heterocycles. The highest BCUT2D eigenvalue weighted by Gasteiger charge is 2.24. The largest absolute Gasteiger partial charge is 0.297 e. The van der Waals surface area contributed by atoms with E-state index in [4.69, 9.17) is 46.4 Å². The number of hydrogen-bond acceptors (Lipinski definition) is 1. The summed E-state index contributed by atoms with van der Waals surface area (Å²) in [6.07, 6.45) is 0.955. The third-order valence-electron chi connectivity index (χ3n) is 3.45. The molecule has 0 radical (unpaired) electrons. The molecule has 2 rings (SSSR count). The van der Waals surface area contributed by atoms with Gasteiger partial charge in [0, 0.05) is 20.1 Å². The van der Waals surface area contributed by atoms with Gasteiger partial charge in [-0.2, -0.15) is 0 Å². The zero-order valence-electron chi connectivity index (χ0n) is 12.2. The van der Waals surface area contributed by atoms with Crippen LogP contribution in [0.1, 0.15) is 11.1 Å². The summed E-state index contributed by atoms with van der Waals surface area (Å²) < 4.78 is 0. The summed E-state index contributed by atoms with van der Waals surface area (Å²) in [4.78, 5) is 11.8. The molecule has 2 unspecified atom stereocenters. The van der Waals surface area contributed by atoms with E-state index in [9.17, 15) is 4.79 Å². The van der Waals surface area contributed by atoms with Crippen molar-refractivity contribution < 1.29 is 4.79 Å². The highest BCUT2D eigenvalue weighted by atomic mass is 79.9. The number of halogens is 6. The van der Waals surface area contributed by atoms with E-state index < -0.39 is 0 Å². The van der Waals surface area contributed by atoms with Crippen molar-refractivity contribution in [1.82, 2.24) is 0 Å². The molecule has 24 heavy (non-hydrogen) atoms. The van der Waals surface area contributed by atoms with Crippen molar-refractivity contribution in [3.8, 4) is 0 Å². The first kappa shape index (κ1) is 20.5. The minimum Gasteiger partial charge on any atom is -0.297 e. The van der Waals surface area contributed by atoms with E-state index in [0.717, 1.165) is 11.1 Å². The van der Waals surface area contributed by atoms with Crippen molar-refractivity contribution >= 4 is 84.0 Å². The van der Waals surface area contributed by atoms with E-state index in [2.05, 4.69) is 31.9 Å². The molecule has 2 aromatic carbocycles. The minimum absolute atomic E-state index is 0.0204. The van der Waals surface area contributed by atoms with E-state index >= 15 is 0 Å². The van der Waals surface area contributed by atoms with E-state index in [0.29, 0.717) is 32.9 Å². The van der Waals surface area contributed by atoms with Crippen molar-refractivity contribution in [3.05, 3.63) is 67.6 Å². The summed E-state index contributed by atoms with van der Waals surface area (Å²) in [6, 6.07) is 10.5. The van der Waals surface area contributed by atoms with Gasteiger partial charge >= 0.3 is 0 Å². The number of carbonyl (C=O) groups excluding carboxylic acids is 1. The smallest absolute Gasteiger partial charge is 0.160 e. The van der Waals surface area contributed by atoms with Crippen LogP contribution >= 0.6 is 78.3 Å². The Labute approximate surface area is 177 Å². The Hall–Kier alpha value is 0.230. The first-order valence-corrected chi connectivity index (χ1v) is 10.3. The van der Waals surface area contributed by atoms with Crippen LogP contribution in [0.2, 0.25) is 20.1 Å². The van der Waals surface area contributed by atoms with Crippen LogP contribution < -0.4 is 0 Å². The molecule has 0 bridgehead atoms. The molecule has 0 saturated heterocycles. The molecular weight excluding hydrogens is 522 g/mol. The highest BCUT2D eigenvalue weighted by molar-refractivity contribution is 9.10. The Kier molecular flexibility index (Phi) is 7.92. The lowest BCUT2D eigenvalue weighted by molar-refractivity contribution is -0.117. The minimum atomic E-state index is -0.369. The number of ketones is 1. The van der Waals surface area contributed by atoms with Gasteiger partial charge in [-0.1, -0.05) is 90.4 Å². The molecule has 0 aromatic heterocycles. The summed E-state index contributed by atoms with van der Waals surface area (Å²) in [5, 5.41) is 2.23. The molecule has 0 N–H and O–H groups in total. The fraction of sp³-hybridized carbons (Fsp3) is 0.235. The third kappa shape index (κ3) is 5.62. The maximum absolute atomic E-state index is 12.6. The average Bonchev–Trinajstić information content (AvgIpc) is 2.51. The summed E-state index contributed by atoms with van der Waals surface area (Å²) in [5.74, 6) is 0.0204. The molecule has 0 aliphatic rings. The van der Waals surface area contributed by atoms with Crippen LogP contribution in [0.5, 0.6) is 0 Å². The second kappa shape index (κ2) is 9.25. The number of benzene rings is 2. The van der Waals surface area contributed by atoms with Gasteiger partial charge in [0.15, 0.2) is 5.78 Å². The summed E-state index contributed by atoms with van der Waals surface area (Å²) >= 11 is 31.0. The zero-order valence-corrected chi connectivity index (χ0v) is 18.4. The van der Waals surface area contributed by atoms with Crippen molar-refractivity contribution in [3.63, 3.8) is 0 Å². The number of Topliss-reactive ketones (excluding diaryl/α,β-unsaturated/α-hetero) is 1. The first-order chi connectivity index (χ1) is 11.3. The Morgan fingerprint density at radius 1 is 0.792 bits per heavy atom. The van der Waals surface area contributed by atoms with Crippen LogP contribution in [0.4, 0.5) is 0 Å². The van der Waals surface area contributed by atoms with E-state index in [-0.39, 0.29) is 15.4 Å². The van der Waals surface area contributed by atoms with Gasteiger partial charge in [0.2, 0.25) is 0 Å². The molecule has 0 aliphatic heterocycles. The summed E-state index contributed by atoms with van der Waals surface area (Å²) in [6.45, 7) is 0. The van der Waals surface area contributed by atoms with E-state index in [1.807, 2.05) is 12.1 Å². The molecule has 7 heteroatoms. The van der Waals surface area contributed by atoms with E-state index in [1.54, 1.807) is 24.3 Å². The molecule has 1 nitrogen and oxygen atoms in total. The van der Waals surface area contributed by atoms with Gasteiger partial charge in [-0.25, -0.2) is 0 Å². The molecule has 2 aromatic rings. The molecule has 128 valence electrons. The SMILES string of the molecule is O=C(C(Br)Cc1ccc(Cl)cc1Cl)C(Br)Cc1ccc(Cl)cc1Cl. The van der Waals surface area contributed by atoms with Gasteiger partial charge in [-0.05, 0) is 48.2 Å². The van der Waals surface area contributed by atoms with Crippen molar-refractivity contribution in [2.75, 3.05) is 0 Å². The highest BCUT2D eigenvalue weighted by Crippen LogP contribution is 2.27. The summed E-state index contributed by atoms with van der Waals surface area (Å²) in [7, 11) is 0. The van der Waals surface area contributed by atoms with Gasteiger partial charge in [-0.15, -0.1) is 0 Å². The van der Waals surface area contributed by atoms with Crippen LogP contribution in [0.25, 0.3) is 0 Å². The Morgan fingerprint density at radius 3 is 1.50 bits per heavy atom. The average molecular weight is 534 g/mol. The Balaban J connectivity index is 2.03. The topological polar surface area (TPSA) is 17.1 Å². The Morgan fingerprint density at radius 2 is 1.17 bits per heavy atom. The van der Waals surface area contributed by atoms with Gasteiger partial charge in [0.25, 0.3) is 0 Å². The lowest BCUT2D eigenvalue weighted by atomic mass is 10.0. The van der Waals surface area contributed by atoms with Gasteiger partial charge < -0.3 is 0 Å². The lowest BCUT2D eigenvalue weighted by Crippen LogP contribution is -2.27. The third-order valence-corrected chi connectivity index (χ3v) is 6.17. The standard InChI is InChI=1S/C17H12Br2Cl4O/c18-13(5-9-1-3-11(20)7-15(9)22)17(24)14(19)6-10-2-4-12(21)8-16(10)23/h1-4,7-8,13-14H,5-6H2. The van der Waals surface area contributed by atoms with Crippen molar-refractivity contribution in [1.29, 1.82) is 0 Å². The number of rotatable bonds is 6. The molecule has 0 spiro atoms. The lowest BCUT2D eigenvalue weighted by Gasteiger charge is -2.15. The normalized spacial score (nSPS) is 13.6. The molecule has 0 saturated carbocycles. The first-order valence-electron chi connectivity index (χ1n) is 6.97. The van der Waals surface area contributed by atoms with Crippen LogP contribution in [-0.2, 0) is 17.6 Å². The molecule has 0 aliphatic carbocycles. The number of alkyl halides is 2. The Bertz CT molecular complexity index is 690. The predicted molar refractivity (Wildman–Crippen MR) is 111 cm³/mol. The number of hydrogen-bond donors (Lipinski definition) is 0. The quantitative estimate of drug-likeness (QED) is 0.359. The fourth-order valence-corrected chi connectivity index (χ4v) is 4.82. The van der Waals surface area contributed by atoms with Crippen LogP contribution in [-0.4, -0.2) is 15.4 Å². The fourth-order valence-electron chi connectivity index (χ4n) is 2.16. The maximum Gasteiger partial charge on any atom is 0.160 e. The summed E-state index contributed by atoms with van der Waals surface area (Å²) in [5.41, 5.74) is 1.72. The second-order valence-electron chi connectivity index (χ2n) is 5.22.